The van der Waals surface area contributed by atoms with Crippen LogP contribution in [0.2, 0.25) is 0 Å². The summed E-state index contributed by atoms with van der Waals surface area (Å²) in [4.78, 5) is 33.5. The minimum atomic E-state index is -0.0383. The Balaban J connectivity index is 1.67. The van der Waals surface area contributed by atoms with Crippen LogP contribution in [0.15, 0.2) is 5.03 Å². The first-order valence-electron chi connectivity index (χ1n) is 9.27. The first-order chi connectivity index (χ1) is 12.0. The van der Waals surface area contributed by atoms with E-state index in [-0.39, 0.29) is 17.7 Å². The van der Waals surface area contributed by atoms with Gasteiger partial charge in [0.25, 0.3) is 0 Å². The van der Waals surface area contributed by atoms with Crippen molar-refractivity contribution in [2.45, 2.75) is 76.3 Å². The largest absolute Gasteiger partial charge is 0.352 e. The average Bonchev–Trinajstić information content (AvgIpc) is 3.39. The zero-order valence-electron chi connectivity index (χ0n) is 15.3. The minimum absolute atomic E-state index is 0.0301. The third-order valence-electron chi connectivity index (χ3n) is 5.17. The summed E-state index contributed by atoms with van der Waals surface area (Å²) in [5.74, 6) is 2.08. The Labute approximate surface area is 153 Å². The van der Waals surface area contributed by atoms with Crippen LogP contribution in [0.25, 0.3) is 0 Å². The van der Waals surface area contributed by atoms with Gasteiger partial charge in [-0.15, -0.1) is 0 Å². The zero-order chi connectivity index (χ0) is 18.0. The molecule has 0 aliphatic heterocycles. The molecule has 1 aromatic heterocycles. The van der Waals surface area contributed by atoms with Crippen LogP contribution in [0.5, 0.6) is 0 Å². The summed E-state index contributed by atoms with van der Waals surface area (Å²) in [7, 11) is 0. The molecule has 0 unspecified atom stereocenters. The lowest BCUT2D eigenvalue weighted by molar-refractivity contribution is -0.119. The van der Waals surface area contributed by atoms with Gasteiger partial charge in [-0.2, -0.15) is 0 Å². The fourth-order valence-electron chi connectivity index (χ4n) is 3.51. The van der Waals surface area contributed by atoms with E-state index < -0.39 is 0 Å². The number of nitrogens with zero attached hydrogens (tertiary/aromatic N) is 2. The molecule has 0 aromatic carbocycles. The van der Waals surface area contributed by atoms with Crippen molar-refractivity contribution in [2.24, 2.45) is 5.92 Å². The van der Waals surface area contributed by atoms with Crippen LogP contribution in [0, 0.1) is 12.8 Å². The van der Waals surface area contributed by atoms with E-state index in [0.29, 0.717) is 28.2 Å². The smallest absolute Gasteiger partial charge is 0.230 e. The van der Waals surface area contributed by atoms with Crippen molar-refractivity contribution in [2.75, 3.05) is 5.75 Å². The molecule has 2 fully saturated rings. The molecular formula is C19H27N3O2S. The maximum atomic E-state index is 12.4. The first kappa shape index (κ1) is 18.4. The molecule has 1 amide bonds. The molecule has 1 aromatic rings. The molecule has 136 valence electrons. The van der Waals surface area contributed by atoms with Crippen LogP contribution in [0.1, 0.15) is 80.2 Å². The number of hydrogen-bond donors (Lipinski definition) is 1. The van der Waals surface area contributed by atoms with Crippen molar-refractivity contribution in [1.82, 2.24) is 15.3 Å². The molecule has 2 saturated carbocycles. The number of ketones is 1. The maximum absolute atomic E-state index is 12.4. The zero-order valence-corrected chi connectivity index (χ0v) is 16.1. The van der Waals surface area contributed by atoms with Gasteiger partial charge in [-0.25, -0.2) is 9.97 Å². The van der Waals surface area contributed by atoms with Crippen LogP contribution in [-0.2, 0) is 4.79 Å². The highest BCUT2D eigenvalue weighted by molar-refractivity contribution is 8.00. The Bertz CT molecular complexity index is 673. The summed E-state index contributed by atoms with van der Waals surface area (Å²) >= 11 is 1.36. The fraction of sp³-hybridized carbons (Fsp3) is 0.684. The number of aromatic nitrogens is 2. The van der Waals surface area contributed by atoms with Gasteiger partial charge < -0.3 is 5.32 Å². The number of carbonyl (C=O) groups excluding carboxylic acids is 2. The molecule has 2 aliphatic carbocycles. The number of aryl methyl sites for hydroxylation is 1. The number of amides is 1. The summed E-state index contributed by atoms with van der Waals surface area (Å²) in [6.07, 6.45) is 6.92. The van der Waals surface area contributed by atoms with Crippen molar-refractivity contribution in [3.63, 3.8) is 0 Å². The Morgan fingerprint density at radius 2 is 1.88 bits per heavy atom. The van der Waals surface area contributed by atoms with Gasteiger partial charge >= 0.3 is 0 Å². The molecule has 0 saturated heterocycles. The Morgan fingerprint density at radius 3 is 2.52 bits per heavy atom. The van der Waals surface area contributed by atoms with E-state index in [0.717, 1.165) is 30.8 Å². The predicted octanol–water partition coefficient (Wildman–Crippen LogP) is 3.65. The molecule has 25 heavy (non-hydrogen) atoms. The SMILES string of the molecule is CC(=O)c1c(C)nc(C2CC2)nc1SCC(=O)N[C@@H]1CCCC[C@@H]1C. The third-order valence-corrected chi connectivity index (χ3v) is 6.14. The summed E-state index contributed by atoms with van der Waals surface area (Å²) in [6.45, 7) is 5.61. The third kappa shape index (κ3) is 4.60. The second-order valence-corrected chi connectivity index (χ2v) is 8.37. The highest BCUT2D eigenvalue weighted by Gasteiger charge is 2.29. The molecule has 2 aliphatic rings. The van der Waals surface area contributed by atoms with Crippen LogP contribution in [0.3, 0.4) is 0 Å². The average molecular weight is 362 g/mol. The summed E-state index contributed by atoms with van der Waals surface area (Å²) in [5.41, 5.74) is 1.29. The number of nitrogens with one attached hydrogen (secondary N) is 1. The van der Waals surface area contributed by atoms with Gasteiger partial charge in [-0.3, -0.25) is 9.59 Å². The molecule has 1 N–H and O–H groups in total. The number of Topliss-reactive ketones (excluding diaryl/α,β-unsaturated/α-hetero) is 1. The van der Waals surface area contributed by atoms with E-state index in [2.05, 4.69) is 22.2 Å². The van der Waals surface area contributed by atoms with Crippen molar-refractivity contribution >= 4 is 23.5 Å². The predicted molar refractivity (Wildman–Crippen MR) is 99.0 cm³/mol. The first-order valence-corrected chi connectivity index (χ1v) is 10.3. The van der Waals surface area contributed by atoms with Crippen LogP contribution in [-0.4, -0.2) is 33.5 Å². The van der Waals surface area contributed by atoms with Gasteiger partial charge in [0.2, 0.25) is 5.91 Å². The van der Waals surface area contributed by atoms with Crippen LogP contribution >= 0.6 is 11.8 Å². The van der Waals surface area contributed by atoms with E-state index in [4.69, 9.17) is 0 Å². The highest BCUT2D eigenvalue weighted by Crippen LogP contribution is 2.39. The lowest BCUT2D eigenvalue weighted by atomic mass is 9.86. The normalized spacial score (nSPS) is 23.3. The van der Waals surface area contributed by atoms with E-state index in [9.17, 15) is 9.59 Å². The van der Waals surface area contributed by atoms with Gasteiger partial charge in [0, 0.05) is 12.0 Å². The number of thioether (sulfide) groups is 1. The topological polar surface area (TPSA) is 72.0 Å². The Hall–Kier alpha value is -1.43. The van der Waals surface area contributed by atoms with Gasteiger partial charge in [-0.1, -0.05) is 31.5 Å². The molecule has 1 heterocycles. The molecule has 6 heteroatoms. The molecule has 0 radical (unpaired) electrons. The molecule has 2 atom stereocenters. The Kier molecular flexibility index (Phi) is 5.77. The summed E-state index contributed by atoms with van der Waals surface area (Å²) in [6, 6.07) is 0.281. The van der Waals surface area contributed by atoms with E-state index >= 15 is 0 Å². The molecule has 0 spiro atoms. The van der Waals surface area contributed by atoms with E-state index in [1.165, 1.54) is 37.9 Å². The summed E-state index contributed by atoms with van der Waals surface area (Å²) in [5, 5.41) is 3.82. The number of carbonyl (C=O) groups is 2. The van der Waals surface area contributed by atoms with Crippen molar-refractivity contribution < 1.29 is 9.59 Å². The van der Waals surface area contributed by atoms with Crippen molar-refractivity contribution in [3.05, 3.63) is 17.1 Å². The standard InChI is InChI=1S/C19H27N3O2S/c1-11-6-4-5-7-15(11)21-16(24)10-25-19-17(13(3)23)12(2)20-18(22-19)14-8-9-14/h11,14-15H,4-10H2,1-3H3,(H,21,24)/t11-,15+/m0/s1. The highest BCUT2D eigenvalue weighted by atomic mass is 32.2. The van der Waals surface area contributed by atoms with E-state index in [1.54, 1.807) is 0 Å². The second-order valence-electron chi connectivity index (χ2n) is 7.40. The number of rotatable bonds is 6. The van der Waals surface area contributed by atoms with Crippen LogP contribution < -0.4 is 5.32 Å². The van der Waals surface area contributed by atoms with E-state index in [1.807, 2.05) is 6.92 Å². The quantitative estimate of drug-likeness (QED) is 0.476. The Morgan fingerprint density at radius 1 is 1.16 bits per heavy atom. The lowest BCUT2D eigenvalue weighted by Gasteiger charge is -2.29. The van der Waals surface area contributed by atoms with Crippen molar-refractivity contribution in [1.29, 1.82) is 0 Å². The monoisotopic (exact) mass is 361 g/mol. The fourth-order valence-corrected chi connectivity index (χ4v) is 4.46. The van der Waals surface area contributed by atoms with Crippen LogP contribution in [0.4, 0.5) is 0 Å². The minimum Gasteiger partial charge on any atom is -0.352 e. The maximum Gasteiger partial charge on any atom is 0.230 e. The van der Waals surface area contributed by atoms with Gasteiger partial charge in [0.05, 0.1) is 17.0 Å². The molecule has 5 nitrogen and oxygen atoms in total. The lowest BCUT2D eigenvalue weighted by Crippen LogP contribution is -2.41. The summed E-state index contributed by atoms with van der Waals surface area (Å²) < 4.78 is 0. The number of hydrogen-bond acceptors (Lipinski definition) is 5. The van der Waals surface area contributed by atoms with Crippen molar-refractivity contribution in [3.8, 4) is 0 Å². The van der Waals surface area contributed by atoms with Gasteiger partial charge in [0.15, 0.2) is 5.78 Å². The van der Waals surface area contributed by atoms with Gasteiger partial charge in [-0.05, 0) is 45.4 Å². The molecular weight excluding hydrogens is 334 g/mol. The molecule has 0 bridgehead atoms. The molecule has 3 rings (SSSR count). The second kappa shape index (κ2) is 7.85. The van der Waals surface area contributed by atoms with Gasteiger partial charge in [0.1, 0.15) is 10.9 Å².